The number of alkyl carbamates (subject to hydrolysis) is 1. The standard InChI is InChI=1S/C30H33FN2O3/c1-23-7-5-6-8-25(23)17-20-32-29(35)36-30(26-9-3-2-4-10-26)18-21-33(22-19-30)28(34)16-13-24-11-14-27(31)15-12-24/h2-12,14-15H,13,16-22H2,1H3,(H,32,35). The summed E-state index contributed by atoms with van der Waals surface area (Å²) in [6, 6.07) is 24.2. The lowest BCUT2D eigenvalue weighted by atomic mass is 9.84. The predicted molar refractivity (Wildman–Crippen MR) is 138 cm³/mol. The maximum atomic E-state index is 13.1. The molecule has 4 rings (SSSR count). The third-order valence-electron chi connectivity index (χ3n) is 6.98. The van der Waals surface area contributed by atoms with Crippen LogP contribution in [0.1, 0.15) is 41.5 Å². The van der Waals surface area contributed by atoms with Crippen molar-refractivity contribution in [1.29, 1.82) is 0 Å². The lowest BCUT2D eigenvalue weighted by molar-refractivity contribution is -0.135. The van der Waals surface area contributed by atoms with Gasteiger partial charge in [-0.2, -0.15) is 0 Å². The van der Waals surface area contributed by atoms with Crippen molar-refractivity contribution in [2.75, 3.05) is 19.6 Å². The quantitative estimate of drug-likeness (QED) is 0.452. The van der Waals surface area contributed by atoms with Crippen LogP contribution in [0, 0.1) is 12.7 Å². The fourth-order valence-electron chi connectivity index (χ4n) is 4.77. The van der Waals surface area contributed by atoms with E-state index in [1.165, 1.54) is 23.3 Å². The molecule has 1 aliphatic rings. The lowest BCUT2D eigenvalue weighted by Crippen LogP contribution is -2.48. The Morgan fingerprint density at radius 2 is 1.58 bits per heavy atom. The van der Waals surface area contributed by atoms with Crippen molar-refractivity contribution >= 4 is 12.0 Å². The number of benzene rings is 3. The Hall–Kier alpha value is -3.67. The minimum atomic E-state index is -0.776. The number of carbonyl (C=O) groups is 2. The summed E-state index contributed by atoms with van der Waals surface area (Å²) in [5, 5.41) is 2.91. The first-order valence-electron chi connectivity index (χ1n) is 12.5. The van der Waals surface area contributed by atoms with E-state index in [-0.39, 0.29) is 11.7 Å². The van der Waals surface area contributed by atoms with Crippen LogP contribution >= 0.6 is 0 Å². The summed E-state index contributed by atoms with van der Waals surface area (Å²) in [6.45, 7) is 3.57. The lowest BCUT2D eigenvalue weighted by Gasteiger charge is -2.41. The predicted octanol–water partition coefficient (Wildman–Crippen LogP) is 5.55. The maximum absolute atomic E-state index is 13.1. The van der Waals surface area contributed by atoms with Crippen LogP contribution in [0.15, 0.2) is 78.9 Å². The summed E-state index contributed by atoms with van der Waals surface area (Å²) < 4.78 is 19.2. The van der Waals surface area contributed by atoms with Crippen LogP contribution in [0.5, 0.6) is 0 Å². The van der Waals surface area contributed by atoms with Gasteiger partial charge in [-0.15, -0.1) is 0 Å². The second-order valence-electron chi connectivity index (χ2n) is 9.36. The Morgan fingerprint density at radius 3 is 2.28 bits per heavy atom. The number of amides is 2. The number of ether oxygens (including phenoxy) is 1. The van der Waals surface area contributed by atoms with Gasteiger partial charge in [-0.05, 0) is 54.2 Å². The van der Waals surface area contributed by atoms with E-state index >= 15 is 0 Å². The van der Waals surface area contributed by atoms with Gasteiger partial charge in [0.15, 0.2) is 0 Å². The largest absolute Gasteiger partial charge is 0.438 e. The Bertz CT molecular complexity index is 1160. The van der Waals surface area contributed by atoms with Gasteiger partial charge in [0.05, 0.1) is 0 Å². The van der Waals surface area contributed by atoms with Crippen molar-refractivity contribution in [2.45, 2.75) is 44.6 Å². The Labute approximate surface area is 212 Å². The second kappa shape index (κ2) is 11.8. The molecule has 5 nitrogen and oxygen atoms in total. The molecular weight excluding hydrogens is 455 g/mol. The molecule has 0 aliphatic carbocycles. The molecule has 3 aromatic rings. The molecule has 1 fully saturated rings. The first-order valence-corrected chi connectivity index (χ1v) is 12.5. The van der Waals surface area contributed by atoms with Gasteiger partial charge in [0.25, 0.3) is 0 Å². The summed E-state index contributed by atoms with van der Waals surface area (Å²) in [5.41, 5.74) is 3.50. The van der Waals surface area contributed by atoms with Crippen LogP contribution in [0.2, 0.25) is 0 Å². The Morgan fingerprint density at radius 1 is 0.917 bits per heavy atom. The van der Waals surface area contributed by atoms with Crippen molar-refractivity contribution in [3.05, 3.63) is 107 Å². The smallest absolute Gasteiger partial charge is 0.408 e. The van der Waals surface area contributed by atoms with E-state index < -0.39 is 11.7 Å². The van der Waals surface area contributed by atoms with Crippen molar-refractivity contribution in [3.8, 4) is 0 Å². The van der Waals surface area contributed by atoms with Crippen LogP contribution < -0.4 is 5.32 Å². The third kappa shape index (κ3) is 6.51. The van der Waals surface area contributed by atoms with E-state index in [2.05, 4.69) is 24.4 Å². The number of aryl methyl sites for hydroxylation is 2. The Kier molecular flexibility index (Phi) is 8.36. The van der Waals surface area contributed by atoms with E-state index in [0.717, 1.165) is 17.5 Å². The molecule has 6 heteroatoms. The minimum Gasteiger partial charge on any atom is -0.438 e. The fourth-order valence-corrected chi connectivity index (χ4v) is 4.77. The van der Waals surface area contributed by atoms with Crippen LogP contribution in [-0.4, -0.2) is 36.5 Å². The van der Waals surface area contributed by atoms with Gasteiger partial charge in [-0.3, -0.25) is 4.79 Å². The summed E-state index contributed by atoms with van der Waals surface area (Å²) in [7, 11) is 0. The normalized spacial score (nSPS) is 14.8. The van der Waals surface area contributed by atoms with Gasteiger partial charge in [0.2, 0.25) is 5.91 Å². The fraction of sp³-hybridized carbons (Fsp3) is 0.333. The molecule has 0 saturated carbocycles. The molecule has 0 spiro atoms. The SMILES string of the molecule is Cc1ccccc1CCNC(=O)OC1(c2ccccc2)CCN(C(=O)CCc2ccc(F)cc2)CC1. The van der Waals surface area contributed by atoms with Crippen molar-refractivity contribution in [1.82, 2.24) is 10.2 Å². The first-order chi connectivity index (χ1) is 17.4. The molecule has 0 atom stereocenters. The van der Waals surface area contributed by atoms with Gasteiger partial charge in [-0.1, -0.05) is 66.7 Å². The molecule has 2 amide bonds. The number of rotatable bonds is 8. The number of piperidine rings is 1. The number of likely N-dealkylation sites (tertiary alicyclic amines) is 1. The van der Waals surface area contributed by atoms with Crippen LogP contribution in [0.25, 0.3) is 0 Å². The third-order valence-corrected chi connectivity index (χ3v) is 6.98. The molecule has 0 bridgehead atoms. The van der Waals surface area contributed by atoms with Gasteiger partial charge >= 0.3 is 6.09 Å². The summed E-state index contributed by atoms with van der Waals surface area (Å²) in [4.78, 5) is 27.5. The molecule has 1 heterocycles. The van der Waals surface area contributed by atoms with Crippen LogP contribution in [-0.2, 0) is 28.0 Å². The average molecular weight is 489 g/mol. The van der Waals surface area contributed by atoms with Gasteiger partial charge < -0.3 is 15.0 Å². The molecular formula is C30H33FN2O3. The van der Waals surface area contributed by atoms with Gasteiger partial charge in [0, 0.05) is 38.9 Å². The zero-order chi connectivity index (χ0) is 25.4. The van der Waals surface area contributed by atoms with Gasteiger partial charge in [0.1, 0.15) is 11.4 Å². The monoisotopic (exact) mass is 488 g/mol. The molecule has 0 aromatic heterocycles. The van der Waals surface area contributed by atoms with Crippen LogP contribution in [0.4, 0.5) is 9.18 Å². The minimum absolute atomic E-state index is 0.0590. The molecule has 3 aromatic carbocycles. The molecule has 1 N–H and O–H groups in total. The topological polar surface area (TPSA) is 58.6 Å². The van der Waals surface area contributed by atoms with E-state index in [1.807, 2.05) is 47.4 Å². The number of hydrogen-bond acceptors (Lipinski definition) is 3. The number of carbonyl (C=O) groups excluding carboxylic acids is 2. The van der Waals surface area contributed by atoms with Gasteiger partial charge in [-0.25, -0.2) is 9.18 Å². The van der Waals surface area contributed by atoms with E-state index in [1.54, 1.807) is 12.1 Å². The van der Waals surface area contributed by atoms with E-state index in [0.29, 0.717) is 45.3 Å². The number of nitrogens with one attached hydrogen (secondary N) is 1. The highest BCUT2D eigenvalue weighted by molar-refractivity contribution is 5.76. The van der Waals surface area contributed by atoms with Crippen LogP contribution in [0.3, 0.4) is 0 Å². The zero-order valence-electron chi connectivity index (χ0n) is 20.7. The number of nitrogens with zero attached hydrogens (tertiary/aromatic N) is 1. The zero-order valence-corrected chi connectivity index (χ0v) is 20.7. The molecule has 0 radical (unpaired) electrons. The first kappa shape index (κ1) is 25.4. The number of halogens is 1. The second-order valence-corrected chi connectivity index (χ2v) is 9.36. The summed E-state index contributed by atoms with van der Waals surface area (Å²) in [6.07, 6.45) is 2.29. The van der Waals surface area contributed by atoms with Crippen molar-refractivity contribution in [3.63, 3.8) is 0 Å². The molecule has 188 valence electrons. The highest BCUT2D eigenvalue weighted by atomic mass is 19.1. The number of hydrogen-bond donors (Lipinski definition) is 1. The van der Waals surface area contributed by atoms with Crippen molar-refractivity contribution in [2.24, 2.45) is 0 Å². The highest BCUT2D eigenvalue weighted by Gasteiger charge is 2.40. The Balaban J connectivity index is 1.34. The summed E-state index contributed by atoms with van der Waals surface area (Å²) in [5.74, 6) is -0.221. The molecule has 1 aliphatic heterocycles. The maximum Gasteiger partial charge on any atom is 0.408 e. The summed E-state index contributed by atoms with van der Waals surface area (Å²) >= 11 is 0. The van der Waals surface area contributed by atoms with E-state index in [9.17, 15) is 14.0 Å². The molecule has 1 saturated heterocycles. The average Bonchev–Trinajstić information content (AvgIpc) is 2.90. The highest BCUT2D eigenvalue weighted by Crippen LogP contribution is 2.37. The molecule has 36 heavy (non-hydrogen) atoms. The van der Waals surface area contributed by atoms with Crippen molar-refractivity contribution < 1.29 is 18.7 Å². The molecule has 0 unspecified atom stereocenters. The van der Waals surface area contributed by atoms with E-state index in [4.69, 9.17) is 4.74 Å².